The first-order valence-electron chi connectivity index (χ1n) is 8.76. The van der Waals surface area contributed by atoms with Crippen molar-refractivity contribution in [2.75, 3.05) is 17.2 Å². The number of halogens is 1. The van der Waals surface area contributed by atoms with Gasteiger partial charge in [0.25, 0.3) is 10.0 Å². The van der Waals surface area contributed by atoms with Crippen LogP contribution in [0.3, 0.4) is 0 Å². The molecule has 0 fully saturated rings. The number of hydrogen-bond acceptors (Lipinski definition) is 5. The molecule has 0 aliphatic carbocycles. The summed E-state index contributed by atoms with van der Waals surface area (Å²) in [6.07, 6.45) is 0.796. The minimum absolute atomic E-state index is 0.0257. The maximum Gasteiger partial charge on any atom is 0.286 e. The molecule has 28 heavy (non-hydrogen) atoms. The fraction of sp³-hybridized carbons (Fsp3) is 0.263. The molecule has 0 bridgehead atoms. The minimum atomic E-state index is -3.79. The van der Waals surface area contributed by atoms with Gasteiger partial charge >= 0.3 is 0 Å². The average molecular weight is 422 g/mol. The highest BCUT2D eigenvalue weighted by Crippen LogP contribution is 2.34. The third-order valence-electron chi connectivity index (χ3n) is 4.05. The lowest BCUT2D eigenvalue weighted by Gasteiger charge is -2.29. The molecule has 1 heterocycles. The summed E-state index contributed by atoms with van der Waals surface area (Å²) in [6.45, 7) is 2.85. The molecule has 1 amide bonds. The number of anilines is 1. The van der Waals surface area contributed by atoms with E-state index in [9.17, 15) is 17.6 Å². The molecule has 2 aromatic carbocycles. The van der Waals surface area contributed by atoms with Crippen LogP contribution in [-0.4, -0.2) is 31.8 Å². The quantitative estimate of drug-likeness (QED) is 0.775. The molecular formula is C19H20FN3O3S2. The number of nitrogens with one attached hydrogen (secondary N) is 1. The van der Waals surface area contributed by atoms with E-state index in [-0.39, 0.29) is 34.1 Å². The van der Waals surface area contributed by atoms with Gasteiger partial charge in [-0.05, 0) is 36.2 Å². The largest absolute Gasteiger partial charge is 0.351 e. The number of rotatable bonds is 6. The highest BCUT2D eigenvalue weighted by Gasteiger charge is 2.30. The molecule has 0 saturated carbocycles. The van der Waals surface area contributed by atoms with Crippen LogP contribution in [0, 0.1) is 5.82 Å². The van der Waals surface area contributed by atoms with Crippen LogP contribution in [0.25, 0.3) is 0 Å². The Labute approximate surface area is 167 Å². The molecule has 0 radical (unpaired) electrons. The Hall–Kier alpha value is -2.39. The van der Waals surface area contributed by atoms with Crippen molar-refractivity contribution < 1.29 is 17.6 Å². The number of amidine groups is 1. The molecule has 6 nitrogen and oxygen atoms in total. The van der Waals surface area contributed by atoms with Gasteiger partial charge in [-0.15, -0.1) is 4.40 Å². The third-order valence-corrected chi connectivity index (χ3v) is 6.45. The molecule has 0 saturated heterocycles. The number of nitrogens with zero attached hydrogens (tertiary/aromatic N) is 2. The Bertz CT molecular complexity index is 992. The zero-order valence-corrected chi connectivity index (χ0v) is 16.9. The first-order chi connectivity index (χ1) is 13.4. The van der Waals surface area contributed by atoms with Crippen LogP contribution < -0.4 is 10.2 Å². The van der Waals surface area contributed by atoms with E-state index in [4.69, 9.17) is 0 Å². The molecule has 2 aromatic rings. The van der Waals surface area contributed by atoms with Gasteiger partial charge in [-0.25, -0.2) is 4.39 Å². The van der Waals surface area contributed by atoms with Crippen molar-refractivity contribution in [1.29, 1.82) is 0 Å². The number of hydrogen-bond donors (Lipinski definition) is 1. The number of fused-ring (bicyclic) bond motifs is 1. The lowest BCUT2D eigenvalue weighted by molar-refractivity contribution is -0.118. The van der Waals surface area contributed by atoms with Crippen LogP contribution in [0.5, 0.6) is 0 Å². The molecule has 3 rings (SSSR count). The summed E-state index contributed by atoms with van der Waals surface area (Å²) in [7, 11) is -3.79. The van der Waals surface area contributed by atoms with Crippen LogP contribution in [0.15, 0.2) is 57.8 Å². The predicted octanol–water partition coefficient (Wildman–Crippen LogP) is 3.15. The smallest absolute Gasteiger partial charge is 0.286 e. The van der Waals surface area contributed by atoms with Crippen molar-refractivity contribution in [3.8, 4) is 0 Å². The number of para-hydroxylation sites is 1. The number of thioether (sulfide) groups is 1. The molecule has 0 spiro atoms. The number of carbonyl (C=O) groups is 1. The van der Waals surface area contributed by atoms with E-state index in [1.54, 1.807) is 30.3 Å². The van der Waals surface area contributed by atoms with E-state index in [0.717, 1.165) is 23.7 Å². The van der Waals surface area contributed by atoms with Crippen LogP contribution in [0.1, 0.15) is 18.9 Å². The molecule has 0 unspecified atom stereocenters. The minimum Gasteiger partial charge on any atom is -0.351 e. The first-order valence-corrected chi connectivity index (χ1v) is 11.2. The summed E-state index contributed by atoms with van der Waals surface area (Å²) in [5.41, 5.74) is 1.35. The fourth-order valence-corrected chi connectivity index (χ4v) is 5.04. The summed E-state index contributed by atoms with van der Waals surface area (Å²) >= 11 is 1.08. The van der Waals surface area contributed by atoms with Gasteiger partial charge in [-0.3, -0.25) is 4.79 Å². The highest BCUT2D eigenvalue weighted by molar-refractivity contribution is 8.15. The first kappa shape index (κ1) is 20.3. The molecule has 1 N–H and O–H groups in total. The predicted molar refractivity (Wildman–Crippen MR) is 109 cm³/mol. The van der Waals surface area contributed by atoms with Crippen molar-refractivity contribution in [3.05, 3.63) is 59.9 Å². The Morgan fingerprint density at radius 2 is 1.89 bits per heavy atom. The lowest BCUT2D eigenvalue weighted by atomic mass is 10.2. The normalized spacial score (nSPS) is 14.9. The Kier molecular flexibility index (Phi) is 6.35. The fourth-order valence-electron chi connectivity index (χ4n) is 2.73. The van der Waals surface area contributed by atoms with Crippen molar-refractivity contribution in [3.63, 3.8) is 0 Å². The molecule has 9 heteroatoms. The van der Waals surface area contributed by atoms with Gasteiger partial charge in [0, 0.05) is 13.1 Å². The molecule has 0 atom stereocenters. The SMILES string of the molecule is CCCN1C(SCC(=O)NCc2ccc(F)cc2)=NS(=O)(=O)c2ccccc21. The average Bonchev–Trinajstić information content (AvgIpc) is 2.68. The van der Waals surface area contributed by atoms with Crippen molar-refractivity contribution in [2.24, 2.45) is 4.40 Å². The summed E-state index contributed by atoms with van der Waals surface area (Å²) in [5.74, 6) is -0.569. The highest BCUT2D eigenvalue weighted by atomic mass is 32.2. The Morgan fingerprint density at radius 1 is 1.18 bits per heavy atom. The van der Waals surface area contributed by atoms with Crippen molar-refractivity contribution in [2.45, 2.75) is 24.8 Å². The second-order valence-electron chi connectivity index (χ2n) is 6.16. The Morgan fingerprint density at radius 3 is 2.61 bits per heavy atom. The summed E-state index contributed by atoms with van der Waals surface area (Å²) in [6, 6.07) is 12.6. The standard InChI is InChI=1S/C19H20FN3O3S2/c1-2-11-23-16-5-3-4-6-17(16)28(25,26)22-19(23)27-13-18(24)21-12-14-7-9-15(20)10-8-14/h3-10H,2,11-13H2,1H3,(H,21,24). The van der Waals surface area contributed by atoms with Gasteiger partial charge < -0.3 is 10.2 Å². The van der Waals surface area contributed by atoms with E-state index in [1.807, 2.05) is 11.8 Å². The van der Waals surface area contributed by atoms with E-state index in [0.29, 0.717) is 12.2 Å². The van der Waals surface area contributed by atoms with Gasteiger partial charge in [0.05, 0.1) is 11.4 Å². The zero-order chi connectivity index (χ0) is 20.1. The van der Waals surface area contributed by atoms with Crippen LogP contribution in [-0.2, 0) is 21.4 Å². The molecule has 0 aromatic heterocycles. The summed E-state index contributed by atoms with van der Waals surface area (Å²) in [5, 5.41) is 3.03. The van der Waals surface area contributed by atoms with Gasteiger partial charge in [0.1, 0.15) is 10.7 Å². The lowest BCUT2D eigenvalue weighted by Crippen LogP contribution is -2.36. The molecule has 148 valence electrons. The second-order valence-corrected chi connectivity index (χ2v) is 8.68. The summed E-state index contributed by atoms with van der Waals surface area (Å²) in [4.78, 5) is 14.2. The van der Waals surface area contributed by atoms with E-state index in [2.05, 4.69) is 9.71 Å². The van der Waals surface area contributed by atoms with Crippen LogP contribution in [0.4, 0.5) is 10.1 Å². The zero-order valence-electron chi connectivity index (χ0n) is 15.3. The van der Waals surface area contributed by atoms with E-state index >= 15 is 0 Å². The van der Waals surface area contributed by atoms with E-state index < -0.39 is 10.0 Å². The maximum atomic E-state index is 12.9. The second kappa shape index (κ2) is 8.74. The maximum absolute atomic E-state index is 12.9. The number of amides is 1. The Balaban J connectivity index is 1.67. The van der Waals surface area contributed by atoms with Crippen LogP contribution >= 0.6 is 11.8 Å². The van der Waals surface area contributed by atoms with Crippen LogP contribution in [0.2, 0.25) is 0 Å². The molecular weight excluding hydrogens is 401 g/mol. The van der Waals surface area contributed by atoms with Gasteiger partial charge in [0.2, 0.25) is 5.91 Å². The monoisotopic (exact) mass is 421 g/mol. The summed E-state index contributed by atoms with van der Waals surface area (Å²) < 4.78 is 41.7. The van der Waals surface area contributed by atoms with Crippen molar-refractivity contribution >= 4 is 38.5 Å². The molecule has 1 aliphatic rings. The number of carbonyl (C=O) groups excluding carboxylic acids is 1. The van der Waals surface area contributed by atoms with Gasteiger partial charge in [0.15, 0.2) is 5.17 Å². The number of benzene rings is 2. The topological polar surface area (TPSA) is 78.8 Å². The third kappa shape index (κ3) is 4.71. The van der Waals surface area contributed by atoms with Gasteiger partial charge in [-0.1, -0.05) is 43.0 Å². The van der Waals surface area contributed by atoms with E-state index in [1.165, 1.54) is 18.2 Å². The number of sulfonamides is 1. The van der Waals surface area contributed by atoms with Crippen molar-refractivity contribution in [1.82, 2.24) is 5.32 Å². The molecule has 1 aliphatic heterocycles. The van der Waals surface area contributed by atoms with Gasteiger partial charge in [-0.2, -0.15) is 8.42 Å².